The smallest absolute Gasteiger partial charge is 0.308 e. The molecule has 0 aromatic heterocycles. The highest BCUT2D eigenvalue weighted by Crippen LogP contribution is 2.72. The van der Waals surface area contributed by atoms with Gasteiger partial charge in [0.05, 0.1) is 13.0 Å². The number of allylic oxidation sites excluding steroid dienone is 4. The number of Topliss-reactive ketones (excluding diaryl/α,β-unsaturated/α-hetero) is 1. The van der Waals surface area contributed by atoms with Crippen molar-refractivity contribution in [3.63, 3.8) is 0 Å². The Morgan fingerprint density at radius 1 is 1.00 bits per heavy atom. The quantitative estimate of drug-likeness (QED) is 0.305. The lowest BCUT2D eigenvalue weighted by Crippen LogP contribution is -2.54. The molecule has 0 unspecified atom stereocenters. The third-order valence-electron chi connectivity index (χ3n) is 11.6. The molecule has 2 saturated carbocycles. The van der Waals surface area contributed by atoms with Crippen molar-refractivity contribution >= 4 is 11.8 Å². The normalized spacial score (nSPS) is 39.6. The summed E-state index contributed by atoms with van der Waals surface area (Å²) in [5, 5.41) is 0. The van der Waals surface area contributed by atoms with Gasteiger partial charge in [0.1, 0.15) is 5.78 Å². The largest absolute Gasteiger partial charge is 0.469 e. The maximum absolute atomic E-state index is 13.0. The van der Waals surface area contributed by atoms with Gasteiger partial charge in [0.25, 0.3) is 0 Å². The summed E-state index contributed by atoms with van der Waals surface area (Å²) in [4.78, 5) is 25.9. The third-order valence-corrected chi connectivity index (χ3v) is 11.6. The van der Waals surface area contributed by atoms with Crippen LogP contribution < -0.4 is 0 Å². The molecule has 190 valence electrons. The second kappa shape index (κ2) is 8.63. The Morgan fingerprint density at radius 2 is 1.71 bits per heavy atom. The second-order valence-electron chi connectivity index (χ2n) is 13.5. The van der Waals surface area contributed by atoms with Crippen molar-refractivity contribution in [2.75, 3.05) is 7.11 Å². The summed E-state index contributed by atoms with van der Waals surface area (Å²) in [5.41, 5.74) is 4.93. The van der Waals surface area contributed by atoms with Crippen LogP contribution >= 0.6 is 0 Å². The minimum Gasteiger partial charge on any atom is -0.469 e. The molecule has 34 heavy (non-hydrogen) atoms. The van der Waals surface area contributed by atoms with Crippen LogP contribution in [0.1, 0.15) is 113 Å². The number of hydrogen-bond donors (Lipinski definition) is 0. The summed E-state index contributed by atoms with van der Waals surface area (Å²) < 4.78 is 5.36. The highest BCUT2D eigenvalue weighted by atomic mass is 16.5. The second-order valence-corrected chi connectivity index (χ2v) is 13.5. The fourth-order valence-corrected chi connectivity index (χ4v) is 9.36. The van der Waals surface area contributed by atoms with Crippen LogP contribution in [0.5, 0.6) is 0 Å². The van der Waals surface area contributed by atoms with E-state index < -0.39 is 0 Å². The minimum absolute atomic E-state index is 0.0133. The van der Waals surface area contributed by atoms with Crippen LogP contribution in [0.2, 0.25) is 0 Å². The van der Waals surface area contributed by atoms with Gasteiger partial charge in [-0.3, -0.25) is 9.59 Å². The van der Waals surface area contributed by atoms with Gasteiger partial charge in [-0.05, 0) is 99.7 Å². The zero-order valence-corrected chi connectivity index (χ0v) is 23.1. The lowest BCUT2D eigenvalue weighted by Gasteiger charge is -2.60. The van der Waals surface area contributed by atoms with E-state index in [4.69, 9.17) is 4.74 Å². The predicted molar refractivity (Wildman–Crippen MR) is 138 cm³/mol. The molecule has 4 aliphatic carbocycles. The molecule has 0 bridgehead atoms. The number of ketones is 1. The van der Waals surface area contributed by atoms with Crippen LogP contribution in [-0.4, -0.2) is 18.9 Å². The van der Waals surface area contributed by atoms with Gasteiger partial charge >= 0.3 is 5.97 Å². The molecule has 0 amide bonds. The van der Waals surface area contributed by atoms with E-state index >= 15 is 0 Å². The van der Waals surface area contributed by atoms with Gasteiger partial charge in [-0.1, -0.05) is 57.4 Å². The number of carbonyl (C=O) groups excluding carboxylic acids is 2. The maximum atomic E-state index is 13.0. The van der Waals surface area contributed by atoms with Crippen LogP contribution in [0.15, 0.2) is 22.8 Å². The van der Waals surface area contributed by atoms with Gasteiger partial charge in [0, 0.05) is 11.8 Å². The number of esters is 1. The fraction of sp³-hybridized carbons (Fsp3) is 0.806. The lowest BCUT2D eigenvalue weighted by atomic mass is 9.43. The van der Waals surface area contributed by atoms with E-state index in [2.05, 4.69) is 54.5 Å². The zero-order chi connectivity index (χ0) is 25.1. The molecule has 0 spiro atoms. The maximum Gasteiger partial charge on any atom is 0.308 e. The summed E-state index contributed by atoms with van der Waals surface area (Å²) in [6.07, 6.45) is 12.7. The Balaban J connectivity index is 1.70. The first-order chi connectivity index (χ1) is 15.8. The van der Waals surface area contributed by atoms with Crippen molar-refractivity contribution in [2.45, 2.75) is 113 Å². The van der Waals surface area contributed by atoms with Gasteiger partial charge < -0.3 is 4.74 Å². The van der Waals surface area contributed by atoms with Gasteiger partial charge in [-0.15, -0.1) is 0 Å². The Labute approximate surface area is 208 Å². The highest BCUT2D eigenvalue weighted by molar-refractivity contribution is 5.85. The van der Waals surface area contributed by atoms with Crippen molar-refractivity contribution < 1.29 is 14.3 Å². The topological polar surface area (TPSA) is 43.4 Å². The minimum atomic E-state index is -0.216. The standard InChI is InChI=1S/C31H48O3/c1-20(2)10-9-11-21(27(33)34-8)22-14-18-31(7)24-12-13-25-28(3,4)26(32)16-17-29(25,5)23(24)15-19-30(22,31)6/h10,21-22,25H,9,11-19H2,1-8H3/t21-,22-,25-,29+,30-,31+/m0/s1. The van der Waals surface area contributed by atoms with E-state index in [0.717, 1.165) is 57.8 Å². The van der Waals surface area contributed by atoms with Gasteiger partial charge in [-0.25, -0.2) is 0 Å². The van der Waals surface area contributed by atoms with E-state index in [-0.39, 0.29) is 33.5 Å². The molecule has 0 aromatic carbocycles. The number of rotatable bonds is 5. The Kier molecular flexibility index (Phi) is 6.52. The van der Waals surface area contributed by atoms with Crippen molar-refractivity contribution in [2.24, 2.45) is 39.4 Å². The SMILES string of the molecule is COC(=O)[C@@H](CCC=C(C)C)[C@@H]1CC[C@]2(C)C3=C(CC[C@@]12C)[C@@]1(C)CCC(=O)C(C)(C)[C@@H]1CC3. The molecule has 2 fully saturated rings. The molecule has 0 aliphatic heterocycles. The van der Waals surface area contributed by atoms with Crippen molar-refractivity contribution in [3.05, 3.63) is 22.8 Å². The first kappa shape index (κ1) is 25.7. The number of hydrogen-bond acceptors (Lipinski definition) is 3. The molecular weight excluding hydrogens is 420 g/mol. The molecule has 4 rings (SSSR count). The van der Waals surface area contributed by atoms with Crippen LogP contribution in [-0.2, 0) is 14.3 Å². The van der Waals surface area contributed by atoms with E-state index in [0.29, 0.717) is 17.6 Å². The first-order valence-electron chi connectivity index (χ1n) is 13.8. The van der Waals surface area contributed by atoms with Crippen molar-refractivity contribution in [3.8, 4) is 0 Å². The average Bonchev–Trinajstić information content (AvgIpc) is 3.05. The molecule has 0 saturated heterocycles. The summed E-state index contributed by atoms with van der Waals surface area (Å²) in [5.74, 6) is 1.26. The van der Waals surface area contributed by atoms with Crippen molar-refractivity contribution in [1.82, 2.24) is 0 Å². The zero-order valence-electron chi connectivity index (χ0n) is 23.1. The molecule has 0 N–H and O–H groups in total. The highest BCUT2D eigenvalue weighted by Gasteiger charge is 2.64. The molecule has 0 heterocycles. The van der Waals surface area contributed by atoms with Gasteiger partial charge in [0.2, 0.25) is 0 Å². The Morgan fingerprint density at radius 3 is 2.35 bits per heavy atom. The number of fused-ring (bicyclic) bond motifs is 4. The van der Waals surface area contributed by atoms with Crippen LogP contribution in [0.3, 0.4) is 0 Å². The monoisotopic (exact) mass is 468 g/mol. The average molecular weight is 469 g/mol. The number of carbonyl (C=O) groups is 2. The van der Waals surface area contributed by atoms with E-state index in [9.17, 15) is 9.59 Å². The molecular formula is C31H48O3. The summed E-state index contributed by atoms with van der Waals surface area (Å²) in [7, 11) is 1.56. The predicted octanol–water partition coefficient (Wildman–Crippen LogP) is 7.84. The molecule has 6 atom stereocenters. The van der Waals surface area contributed by atoms with Gasteiger partial charge in [-0.2, -0.15) is 0 Å². The fourth-order valence-electron chi connectivity index (χ4n) is 9.36. The van der Waals surface area contributed by atoms with E-state index in [1.54, 1.807) is 18.3 Å². The van der Waals surface area contributed by atoms with Gasteiger partial charge in [0.15, 0.2) is 0 Å². The van der Waals surface area contributed by atoms with E-state index in [1.165, 1.54) is 12.0 Å². The number of methoxy groups -OCH3 is 1. The summed E-state index contributed by atoms with van der Waals surface area (Å²) >= 11 is 0. The molecule has 3 heteroatoms. The summed E-state index contributed by atoms with van der Waals surface area (Å²) in [6.45, 7) is 16.2. The number of ether oxygens (including phenoxy) is 1. The Hall–Kier alpha value is -1.38. The van der Waals surface area contributed by atoms with Crippen molar-refractivity contribution in [1.29, 1.82) is 0 Å². The van der Waals surface area contributed by atoms with Crippen LogP contribution in [0, 0.1) is 39.4 Å². The summed E-state index contributed by atoms with van der Waals surface area (Å²) in [6, 6.07) is 0. The molecule has 0 radical (unpaired) electrons. The molecule has 0 aromatic rings. The third kappa shape index (κ3) is 3.58. The lowest BCUT2D eigenvalue weighted by molar-refractivity contribution is -0.150. The van der Waals surface area contributed by atoms with Crippen LogP contribution in [0.4, 0.5) is 0 Å². The molecule has 3 nitrogen and oxygen atoms in total. The molecule has 4 aliphatic rings. The first-order valence-corrected chi connectivity index (χ1v) is 13.8. The van der Waals surface area contributed by atoms with Crippen LogP contribution in [0.25, 0.3) is 0 Å². The van der Waals surface area contributed by atoms with E-state index in [1.807, 2.05) is 0 Å². The Bertz CT molecular complexity index is 919.